The SMILES string of the molecule is CC1CC1C(=O)NC1CCc2nc(C(=O)NCC3CC3)sc2C1. The summed E-state index contributed by atoms with van der Waals surface area (Å²) < 4.78 is 0. The van der Waals surface area contributed by atoms with Gasteiger partial charge in [0.1, 0.15) is 0 Å². The third kappa shape index (κ3) is 3.42. The second kappa shape index (κ2) is 5.89. The fourth-order valence-electron chi connectivity index (χ4n) is 3.23. The van der Waals surface area contributed by atoms with E-state index in [0.29, 0.717) is 16.8 Å². The van der Waals surface area contributed by atoms with Gasteiger partial charge in [0.15, 0.2) is 5.01 Å². The molecular weight excluding hydrogens is 310 g/mol. The van der Waals surface area contributed by atoms with Gasteiger partial charge in [-0.1, -0.05) is 6.92 Å². The molecule has 0 saturated heterocycles. The van der Waals surface area contributed by atoms with E-state index < -0.39 is 0 Å². The Hall–Kier alpha value is -1.43. The molecule has 2 N–H and O–H groups in total. The number of carbonyl (C=O) groups is 2. The van der Waals surface area contributed by atoms with E-state index in [4.69, 9.17) is 0 Å². The van der Waals surface area contributed by atoms with Crippen LogP contribution in [0.2, 0.25) is 0 Å². The van der Waals surface area contributed by atoms with E-state index in [1.807, 2.05) is 0 Å². The Morgan fingerprint density at radius 1 is 1.30 bits per heavy atom. The average Bonchev–Trinajstić information content (AvgIpc) is 3.43. The Balaban J connectivity index is 1.35. The van der Waals surface area contributed by atoms with Crippen molar-refractivity contribution < 1.29 is 9.59 Å². The van der Waals surface area contributed by atoms with E-state index in [9.17, 15) is 9.59 Å². The molecular formula is C17H23N3O2S. The molecule has 3 aliphatic carbocycles. The highest BCUT2D eigenvalue weighted by atomic mass is 32.1. The van der Waals surface area contributed by atoms with Crippen LogP contribution in [-0.2, 0) is 17.6 Å². The maximum atomic E-state index is 12.2. The third-order valence-corrected chi connectivity index (χ3v) is 6.29. The zero-order valence-corrected chi connectivity index (χ0v) is 14.2. The number of rotatable bonds is 5. The van der Waals surface area contributed by atoms with Gasteiger partial charge in [0.05, 0.1) is 5.69 Å². The molecule has 124 valence electrons. The van der Waals surface area contributed by atoms with E-state index in [1.165, 1.54) is 29.1 Å². The van der Waals surface area contributed by atoms with Crippen LogP contribution in [0.3, 0.4) is 0 Å². The first-order valence-corrected chi connectivity index (χ1v) is 9.49. The lowest BCUT2D eigenvalue weighted by Gasteiger charge is -2.22. The maximum absolute atomic E-state index is 12.2. The fourth-order valence-corrected chi connectivity index (χ4v) is 4.33. The third-order valence-electron chi connectivity index (χ3n) is 5.17. The molecule has 0 aliphatic heterocycles. The molecule has 6 heteroatoms. The van der Waals surface area contributed by atoms with Crippen molar-refractivity contribution in [1.29, 1.82) is 0 Å². The summed E-state index contributed by atoms with van der Waals surface area (Å²) >= 11 is 1.50. The van der Waals surface area contributed by atoms with Crippen LogP contribution < -0.4 is 10.6 Å². The smallest absolute Gasteiger partial charge is 0.280 e. The molecule has 1 aromatic rings. The van der Waals surface area contributed by atoms with E-state index in [2.05, 4.69) is 22.5 Å². The van der Waals surface area contributed by atoms with Crippen molar-refractivity contribution in [2.45, 2.75) is 51.5 Å². The summed E-state index contributed by atoms with van der Waals surface area (Å²) in [4.78, 5) is 29.9. The van der Waals surface area contributed by atoms with Gasteiger partial charge >= 0.3 is 0 Å². The van der Waals surface area contributed by atoms with E-state index >= 15 is 0 Å². The number of nitrogens with one attached hydrogen (secondary N) is 2. The molecule has 3 atom stereocenters. The predicted octanol–water partition coefficient (Wildman–Crippen LogP) is 1.91. The van der Waals surface area contributed by atoms with Crippen LogP contribution in [0.5, 0.6) is 0 Å². The summed E-state index contributed by atoms with van der Waals surface area (Å²) in [5, 5.41) is 6.74. The first-order valence-electron chi connectivity index (χ1n) is 8.67. The molecule has 0 aromatic carbocycles. The van der Waals surface area contributed by atoms with Crippen LogP contribution in [0, 0.1) is 17.8 Å². The van der Waals surface area contributed by atoms with Crippen LogP contribution in [-0.4, -0.2) is 29.4 Å². The molecule has 4 rings (SSSR count). The number of aryl methyl sites for hydroxylation is 1. The van der Waals surface area contributed by atoms with Gasteiger partial charge in [-0.3, -0.25) is 9.59 Å². The second-order valence-corrected chi connectivity index (χ2v) is 8.39. The molecule has 3 aliphatic rings. The number of hydrogen-bond acceptors (Lipinski definition) is 4. The maximum Gasteiger partial charge on any atom is 0.280 e. The highest BCUT2D eigenvalue weighted by molar-refractivity contribution is 7.13. The minimum Gasteiger partial charge on any atom is -0.353 e. The minimum atomic E-state index is -0.0382. The number of carbonyl (C=O) groups excluding carboxylic acids is 2. The summed E-state index contributed by atoms with van der Waals surface area (Å²) in [7, 11) is 0. The lowest BCUT2D eigenvalue weighted by Crippen LogP contribution is -2.39. The number of hydrogen-bond donors (Lipinski definition) is 2. The quantitative estimate of drug-likeness (QED) is 0.865. The normalized spacial score (nSPS) is 28.8. The van der Waals surface area contributed by atoms with Gasteiger partial charge in [0, 0.05) is 29.8 Å². The van der Waals surface area contributed by atoms with Crippen molar-refractivity contribution in [3.63, 3.8) is 0 Å². The highest BCUT2D eigenvalue weighted by Crippen LogP contribution is 2.38. The van der Waals surface area contributed by atoms with E-state index in [1.54, 1.807) is 0 Å². The number of fused-ring (bicyclic) bond motifs is 1. The molecule has 1 heterocycles. The Bertz CT molecular complexity index is 638. The number of nitrogens with zero attached hydrogens (tertiary/aromatic N) is 1. The van der Waals surface area contributed by atoms with Gasteiger partial charge < -0.3 is 10.6 Å². The molecule has 5 nitrogen and oxygen atoms in total. The summed E-state index contributed by atoms with van der Waals surface area (Å²) in [6.07, 6.45) is 6.08. The average molecular weight is 333 g/mol. The molecule has 0 spiro atoms. The van der Waals surface area contributed by atoms with Gasteiger partial charge in [-0.15, -0.1) is 11.3 Å². The van der Waals surface area contributed by atoms with Crippen molar-refractivity contribution >= 4 is 23.2 Å². The standard InChI is InChI=1S/C17H23N3O2S/c1-9-6-12(9)15(21)19-11-4-5-13-14(7-11)23-17(20-13)16(22)18-8-10-2-3-10/h9-12H,2-8H2,1H3,(H,18,22)(H,19,21). The number of aromatic nitrogens is 1. The number of amides is 2. The first-order chi connectivity index (χ1) is 11.1. The van der Waals surface area contributed by atoms with Gasteiger partial charge in [-0.2, -0.15) is 0 Å². The van der Waals surface area contributed by atoms with Gasteiger partial charge in [0.2, 0.25) is 5.91 Å². The van der Waals surface area contributed by atoms with Crippen LogP contribution in [0.1, 0.15) is 53.0 Å². The Morgan fingerprint density at radius 3 is 2.78 bits per heavy atom. The fraction of sp³-hybridized carbons (Fsp3) is 0.706. The van der Waals surface area contributed by atoms with Crippen molar-refractivity contribution in [2.75, 3.05) is 6.54 Å². The van der Waals surface area contributed by atoms with E-state index in [0.717, 1.165) is 37.9 Å². The zero-order chi connectivity index (χ0) is 16.0. The molecule has 2 fully saturated rings. The topological polar surface area (TPSA) is 71.1 Å². The Morgan fingerprint density at radius 2 is 2.09 bits per heavy atom. The van der Waals surface area contributed by atoms with Gasteiger partial charge in [-0.05, 0) is 43.9 Å². The van der Waals surface area contributed by atoms with Gasteiger partial charge in [-0.25, -0.2) is 4.98 Å². The Kier molecular flexibility index (Phi) is 3.87. The number of thiazole rings is 1. The van der Waals surface area contributed by atoms with Crippen molar-refractivity contribution in [1.82, 2.24) is 15.6 Å². The summed E-state index contributed by atoms with van der Waals surface area (Å²) in [5.74, 6) is 1.61. The molecule has 0 radical (unpaired) electrons. The molecule has 1 aromatic heterocycles. The predicted molar refractivity (Wildman–Crippen MR) is 88.4 cm³/mol. The van der Waals surface area contributed by atoms with Crippen LogP contribution in [0.15, 0.2) is 0 Å². The minimum absolute atomic E-state index is 0.0382. The summed E-state index contributed by atoms with van der Waals surface area (Å²) in [6.45, 7) is 2.90. The Labute approximate surface area is 140 Å². The zero-order valence-electron chi connectivity index (χ0n) is 13.4. The molecule has 2 amide bonds. The van der Waals surface area contributed by atoms with E-state index in [-0.39, 0.29) is 23.8 Å². The van der Waals surface area contributed by atoms with Crippen LogP contribution >= 0.6 is 11.3 Å². The first kappa shape index (κ1) is 15.1. The molecule has 0 bridgehead atoms. The highest BCUT2D eigenvalue weighted by Gasteiger charge is 2.40. The monoisotopic (exact) mass is 333 g/mol. The molecule has 23 heavy (non-hydrogen) atoms. The lowest BCUT2D eigenvalue weighted by molar-refractivity contribution is -0.123. The van der Waals surface area contributed by atoms with Crippen LogP contribution in [0.25, 0.3) is 0 Å². The summed E-state index contributed by atoms with van der Waals surface area (Å²) in [5.41, 5.74) is 1.05. The largest absolute Gasteiger partial charge is 0.353 e. The second-order valence-electron chi connectivity index (χ2n) is 7.31. The molecule has 2 saturated carbocycles. The van der Waals surface area contributed by atoms with Crippen molar-refractivity contribution in [3.05, 3.63) is 15.6 Å². The molecule has 3 unspecified atom stereocenters. The lowest BCUT2D eigenvalue weighted by atomic mass is 9.97. The van der Waals surface area contributed by atoms with Crippen LogP contribution in [0.4, 0.5) is 0 Å². The van der Waals surface area contributed by atoms with Crippen molar-refractivity contribution in [3.8, 4) is 0 Å². The van der Waals surface area contributed by atoms with Gasteiger partial charge in [0.25, 0.3) is 5.91 Å². The van der Waals surface area contributed by atoms with Crippen molar-refractivity contribution in [2.24, 2.45) is 17.8 Å². The summed E-state index contributed by atoms with van der Waals surface area (Å²) in [6, 6.07) is 0.200.